The largest absolute Gasteiger partial charge is 0.481 e. The Kier molecular flexibility index (Phi) is 3.84. The lowest BCUT2D eigenvalue weighted by molar-refractivity contribution is -0.142. The van der Waals surface area contributed by atoms with Gasteiger partial charge in [0.1, 0.15) is 5.82 Å². The van der Waals surface area contributed by atoms with E-state index in [-0.39, 0.29) is 12.2 Å². The Morgan fingerprint density at radius 3 is 2.79 bits per heavy atom. The van der Waals surface area contributed by atoms with Gasteiger partial charge in [-0.15, -0.1) is 0 Å². The van der Waals surface area contributed by atoms with Crippen molar-refractivity contribution in [3.05, 3.63) is 17.2 Å². The van der Waals surface area contributed by atoms with Crippen molar-refractivity contribution in [2.24, 2.45) is 5.92 Å². The van der Waals surface area contributed by atoms with Gasteiger partial charge < -0.3 is 19.5 Å². The fourth-order valence-corrected chi connectivity index (χ4v) is 2.39. The minimum absolute atomic E-state index is 0.0370. The topological polar surface area (TPSA) is 102 Å². The van der Waals surface area contributed by atoms with E-state index in [1.807, 2.05) is 0 Å². The van der Waals surface area contributed by atoms with Gasteiger partial charge in [0.05, 0.1) is 18.2 Å². The number of methoxy groups -OCH3 is 1. The van der Waals surface area contributed by atoms with Crippen LogP contribution in [0.2, 0.25) is 0 Å². The number of hydrogen-bond donors (Lipinski definition) is 2. The molecule has 1 aliphatic heterocycles. The lowest BCUT2D eigenvalue weighted by Gasteiger charge is -2.22. The van der Waals surface area contributed by atoms with Crippen LogP contribution in [0.3, 0.4) is 0 Å². The highest BCUT2D eigenvalue weighted by Gasteiger charge is 2.30. The molecule has 0 amide bonds. The zero-order valence-corrected chi connectivity index (χ0v) is 10.6. The van der Waals surface area contributed by atoms with Crippen molar-refractivity contribution in [1.82, 2.24) is 9.55 Å². The zero-order chi connectivity index (χ0) is 14.0. The van der Waals surface area contributed by atoms with Gasteiger partial charge in [0, 0.05) is 20.1 Å². The second-order valence-electron chi connectivity index (χ2n) is 4.56. The summed E-state index contributed by atoms with van der Waals surface area (Å²) in [5.41, 5.74) is 0.658. The predicted octanol–water partition coefficient (Wildman–Crippen LogP) is 0.417. The quantitative estimate of drug-likeness (QED) is 0.802. The molecule has 7 nitrogen and oxygen atoms in total. The monoisotopic (exact) mass is 268 g/mol. The van der Waals surface area contributed by atoms with E-state index in [9.17, 15) is 9.59 Å². The van der Waals surface area contributed by atoms with Crippen LogP contribution in [0.15, 0.2) is 0 Å². The van der Waals surface area contributed by atoms with Crippen molar-refractivity contribution in [3.8, 4) is 0 Å². The molecule has 0 fully saturated rings. The molecule has 19 heavy (non-hydrogen) atoms. The molecule has 0 spiro atoms. The standard InChI is InChI=1S/C12H16N2O5/c1-19-5-4-9-13-10(12(17)18)8-3-2-7(11(15)16)6-14(8)9/h7H,2-6H2,1H3,(H,15,16)(H,17,18). The van der Waals surface area contributed by atoms with Crippen molar-refractivity contribution in [1.29, 1.82) is 0 Å². The van der Waals surface area contributed by atoms with Crippen LogP contribution < -0.4 is 0 Å². The van der Waals surface area contributed by atoms with Crippen LogP contribution in [0.5, 0.6) is 0 Å². The van der Waals surface area contributed by atoms with E-state index in [1.54, 1.807) is 11.7 Å². The molecule has 2 heterocycles. The van der Waals surface area contributed by atoms with Crippen LogP contribution in [0.4, 0.5) is 0 Å². The minimum Gasteiger partial charge on any atom is -0.481 e. The Hall–Kier alpha value is -1.89. The Labute approximate surface area is 109 Å². The molecule has 1 aliphatic rings. The number of hydrogen-bond acceptors (Lipinski definition) is 4. The van der Waals surface area contributed by atoms with Crippen molar-refractivity contribution in [2.75, 3.05) is 13.7 Å². The van der Waals surface area contributed by atoms with E-state index in [4.69, 9.17) is 14.9 Å². The first-order valence-electron chi connectivity index (χ1n) is 6.08. The Morgan fingerprint density at radius 1 is 1.47 bits per heavy atom. The normalized spacial score (nSPS) is 18.1. The van der Waals surface area contributed by atoms with Gasteiger partial charge >= 0.3 is 11.9 Å². The van der Waals surface area contributed by atoms with Gasteiger partial charge in [0.25, 0.3) is 0 Å². The second kappa shape index (κ2) is 5.40. The Morgan fingerprint density at radius 2 is 2.21 bits per heavy atom. The molecule has 1 unspecified atom stereocenters. The van der Waals surface area contributed by atoms with Gasteiger partial charge in [0.15, 0.2) is 5.69 Å². The van der Waals surface area contributed by atoms with E-state index in [0.29, 0.717) is 37.4 Å². The number of aromatic carboxylic acids is 1. The van der Waals surface area contributed by atoms with Crippen LogP contribution in [0, 0.1) is 5.92 Å². The van der Waals surface area contributed by atoms with E-state index in [2.05, 4.69) is 4.98 Å². The van der Waals surface area contributed by atoms with Crippen LogP contribution in [-0.4, -0.2) is 45.4 Å². The van der Waals surface area contributed by atoms with Crippen molar-refractivity contribution in [2.45, 2.75) is 25.8 Å². The highest BCUT2D eigenvalue weighted by Crippen LogP contribution is 2.25. The summed E-state index contributed by atoms with van der Waals surface area (Å²) in [6.45, 7) is 0.706. The third kappa shape index (κ3) is 2.60. The number of carboxylic acid groups (broad SMARTS) is 2. The first-order valence-corrected chi connectivity index (χ1v) is 6.08. The molecule has 1 atom stereocenters. The molecule has 0 aliphatic carbocycles. The summed E-state index contributed by atoms with van der Waals surface area (Å²) in [4.78, 5) is 26.3. The van der Waals surface area contributed by atoms with Gasteiger partial charge in [-0.05, 0) is 12.8 Å². The molecule has 0 radical (unpaired) electrons. The smallest absolute Gasteiger partial charge is 0.356 e. The third-order valence-corrected chi connectivity index (χ3v) is 3.37. The Balaban J connectivity index is 2.35. The van der Waals surface area contributed by atoms with Crippen molar-refractivity contribution in [3.63, 3.8) is 0 Å². The maximum atomic E-state index is 11.2. The number of carboxylic acids is 2. The highest BCUT2D eigenvalue weighted by molar-refractivity contribution is 5.87. The van der Waals surface area contributed by atoms with E-state index in [1.165, 1.54) is 0 Å². The number of ether oxygens (including phenoxy) is 1. The summed E-state index contributed by atoms with van der Waals surface area (Å²) in [6, 6.07) is 0. The molecule has 2 N–H and O–H groups in total. The van der Waals surface area contributed by atoms with Crippen LogP contribution in [0.25, 0.3) is 0 Å². The molecular weight excluding hydrogens is 252 g/mol. The molecule has 0 saturated heterocycles. The fraction of sp³-hybridized carbons (Fsp3) is 0.583. The molecule has 0 bridgehead atoms. The maximum Gasteiger partial charge on any atom is 0.356 e. The van der Waals surface area contributed by atoms with Gasteiger partial charge in [-0.25, -0.2) is 9.78 Å². The number of rotatable bonds is 5. The average Bonchev–Trinajstić information content (AvgIpc) is 2.74. The second-order valence-corrected chi connectivity index (χ2v) is 4.56. The molecule has 0 saturated carbocycles. The number of aliphatic carboxylic acids is 1. The van der Waals surface area contributed by atoms with Gasteiger partial charge in [-0.1, -0.05) is 0 Å². The Bertz CT molecular complexity index is 508. The van der Waals surface area contributed by atoms with Gasteiger partial charge in [-0.3, -0.25) is 4.79 Å². The SMILES string of the molecule is COCCc1nc(C(=O)O)c2n1CC(C(=O)O)CC2. The van der Waals surface area contributed by atoms with Crippen LogP contribution >= 0.6 is 0 Å². The first kappa shape index (κ1) is 13.5. The number of imidazole rings is 1. The van der Waals surface area contributed by atoms with Crippen molar-refractivity contribution >= 4 is 11.9 Å². The summed E-state index contributed by atoms with van der Waals surface area (Å²) in [5.74, 6) is -1.82. The number of fused-ring (bicyclic) bond motifs is 1. The molecule has 1 aromatic heterocycles. The van der Waals surface area contributed by atoms with Crippen molar-refractivity contribution < 1.29 is 24.5 Å². The molecule has 1 aromatic rings. The van der Waals surface area contributed by atoms with E-state index in [0.717, 1.165) is 0 Å². The first-order chi connectivity index (χ1) is 9.04. The summed E-state index contributed by atoms with van der Waals surface area (Å²) in [7, 11) is 1.55. The number of aromatic nitrogens is 2. The predicted molar refractivity (Wildman–Crippen MR) is 64.2 cm³/mol. The maximum absolute atomic E-state index is 11.2. The molecule has 104 valence electrons. The summed E-state index contributed by atoms with van der Waals surface area (Å²) >= 11 is 0. The summed E-state index contributed by atoms with van der Waals surface area (Å²) in [6.07, 6.45) is 1.35. The number of nitrogens with zero attached hydrogens (tertiary/aromatic N) is 2. The minimum atomic E-state index is -1.07. The van der Waals surface area contributed by atoms with E-state index >= 15 is 0 Å². The third-order valence-electron chi connectivity index (χ3n) is 3.37. The molecule has 0 aromatic carbocycles. The fourth-order valence-electron chi connectivity index (χ4n) is 2.39. The molecule has 7 heteroatoms. The zero-order valence-electron chi connectivity index (χ0n) is 10.6. The van der Waals surface area contributed by atoms with Crippen LogP contribution in [0.1, 0.15) is 28.4 Å². The lowest BCUT2D eigenvalue weighted by atomic mass is 9.97. The highest BCUT2D eigenvalue weighted by atomic mass is 16.5. The van der Waals surface area contributed by atoms with Gasteiger partial charge in [0.2, 0.25) is 0 Å². The summed E-state index contributed by atoms with van der Waals surface area (Å²) < 4.78 is 6.69. The number of carbonyl (C=O) groups is 2. The molecular formula is C12H16N2O5. The average molecular weight is 268 g/mol. The lowest BCUT2D eigenvalue weighted by Crippen LogP contribution is -2.28. The van der Waals surface area contributed by atoms with Crippen LogP contribution in [-0.2, 0) is 28.9 Å². The van der Waals surface area contributed by atoms with Gasteiger partial charge in [-0.2, -0.15) is 0 Å². The summed E-state index contributed by atoms with van der Waals surface area (Å²) in [5, 5.41) is 18.2. The van der Waals surface area contributed by atoms with E-state index < -0.39 is 17.9 Å². The molecule has 2 rings (SSSR count).